The molecule has 0 atom stereocenters. The Labute approximate surface area is 103 Å². The number of carbonyl (C=O) groups is 2. The molecule has 0 saturated carbocycles. The van der Waals surface area contributed by atoms with Crippen molar-refractivity contribution < 1.29 is 14.3 Å². The molecule has 2 rings (SSSR count). The molecule has 0 amide bonds. The molecule has 0 saturated heterocycles. The van der Waals surface area contributed by atoms with Crippen LogP contribution in [0.15, 0.2) is 35.7 Å². The molecule has 17 heavy (non-hydrogen) atoms. The molecule has 0 aliphatic carbocycles. The van der Waals surface area contributed by atoms with E-state index in [2.05, 4.69) is 0 Å². The highest BCUT2D eigenvalue weighted by Gasteiger charge is 2.13. The number of rotatable bonds is 3. The molecule has 2 aromatic rings. The molecule has 0 N–H and O–H groups in total. The lowest BCUT2D eigenvalue weighted by Gasteiger charge is -2.05. The van der Waals surface area contributed by atoms with Crippen LogP contribution in [0.4, 0.5) is 0 Å². The molecule has 0 aliphatic heterocycles. The number of ether oxygens (including phenoxy) is 1. The largest absolute Gasteiger partial charge is 0.465 e. The Morgan fingerprint density at radius 1 is 1.35 bits per heavy atom. The zero-order chi connectivity index (χ0) is 12.3. The van der Waals surface area contributed by atoms with E-state index >= 15 is 0 Å². The van der Waals surface area contributed by atoms with Crippen LogP contribution in [-0.4, -0.2) is 19.4 Å². The third-order valence-electron chi connectivity index (χ3n) is 2.38. The molecule has 4 heteroatoms. The molecule has 0 unspecified atom stereocenters. The molecule has 0 aliphatic rings. The maximum atomic E-state index is 11.6. The zero-order valence-electron chi connectivity index (χ0n) is 9.17. The summed E-state index contributed by atoms with van der Waals surface area (Å²) in [5.41, 5.74) is 2.15. The van der Waals surface area contributed by atoms with Gasteiger partial charge in [0.05, 0.1) is 17.6 Å². The molecule has 1 heterocycles. The molecule has 1 aromatic carbocycles. The average Bonchev–Trinajstić information content (AvgIpc) is 2.86. The Hall–Kier alpha value is -1.94. The van der Waals surface area contributed by atoms with E-state index in [-0.39, 0.29) is 5.97 Å². The van der Waals surface area contributed by atoms with Crippen LogP contribution in [0, 0.1) is 0 Å². The minimum absolute atomic E-state index is 0.376. The van der Waals surface area contributed by atoms with E-state index in [1.54, 1.807) is 18.2 Å². The smallest absolute Gasteiger partial charge is 0.338 e. The molecule has 0 bridgehead atoms. The van der Waals surface area contributed by atoms with Gasteiger partial charge in [-0.1, -0.05) is 18.2 Å². The van der Waals surface area contributed by atoms with E-state index in [4.69, 9.17) is 4.74 Å². The summed E-state index contributed by atoms with van der Waals surface area (Å²) in [6, 6.07) is 8.94. The summed E-state index contributed by atoms with van der Waals surface area (Å²) in [4.78, 5) is 22.9. The van der Waals surface area contributed by atoms with Crippen molar-refractivity contribution in [1.29, 1.82) is 0 Å². The Balaban J connectivity index is 2.51. The van der Waals surface area contributed by atoms with Gasteiger partial charge >= 0.3 is 5.97 Å². The number of methoxy groups -OCH3 is 1. The Morgan fingerprint density at radius 2 is 2.12 bits per heavy atom. The van der Waals surface area contributed by atoms with Gasteiger partial charge in [0.15, 0.2) is 6.29 Å². The second-order valence-corrected chi connectivity index (χ2v) is 4.34. The van der Waals surface area contributed by atoms with Crippen molar-refractivity contribution in [2.24, 2.45) is 0 Å². The molecule has 1 aromatic heterocycles. The maximum absolute atomic E-state index is 11.6. The van der Waals surface area contributed by atoms with Gasteiger partial charge in [0.25, 0.3) is 0 Å². The van der Waals surface area contributed by atoms with Gasteiger partial charge in [0, 0.05) is 0 Å². The summed E-state index contributed by atoms with van der Waals surface area (Å²) in [6.07, 6.45) is 0.801. The third-order valence-corrected chi connectivity index (χ3v) is 3.24. The van der Waals surface area contributed by atoms with E-state index < -0.39 is 0 Å². The first-order chi connectivity index (χ1) is 8.26. The lowest BCUT2D eigenvalue weighted by atomic mass is 10.0. The van der Waals surface area contributed by atoms with Crippen LogP contribution in [0.5, 0.6) is 0 Å². The predicted molar refractivity (Wildman–Crippen MR) is 66.5 cm³/mol. The second-order valence-electron chi connectivity index (χ2n) is 3.39. The van der Waals surface area contributed by atoms with Gasteiger partial charge in [0.1, 0.15) is 0 Å². The van der Waals surface area contributed by atoms with Gasteiger partial charge in [-0.2, -0.15) is 0 Å². The number of hydrogen-bond donors (Lipinski definition) is 0. The van der Waals surface area contributed by atoms with Crippen LogP contribution in [0.25, 0.3) is 11.1 Å². The van der Waals surface area contributed by atoms with Gasteiger partial charge < -0.3 is 4.74 Å². The second kappa shape index (κ2) is 4.93. The minimum Gasteiger partial charge on any atom is -0.465 e. The highest BCUT2D eigenvalue weighted by molar-refractivity contribution is 7.12. The average molecular weight is 246 g/mol. The number of thiophene rings is 1. The predicted octanol–water partition coefficient (Wildman–Crippen LogP) is 3.01. The fraction of sp³-hybridized carbons (Fsp3) is 0.0769. The summed E-state index contributed by atoms with van der Waals surface area (Å²) in [5, 5.41) is 1.85. The molecule has 0 radical (unpaired) electrons. The highest BCUT2D eigenvalue weighted by Crippen LogP contribution is 2.28. The number of benzene rings is 1. The third kappa shape index (κ3) is 2.26. The van der Waals surface area contributed by atoms with Crippen molar-refractivity contribution in [3.05, 3.63) is 46.2 Å². The van der Waals surface area contributed by atoms with Crippen LogP contribution >= 0.6 is 11.3 Å². The van der Waals surface area contributed by atoms with E-state index in [9.17, 15) is 9.59 Å². The number of carbonyl (C=O) groups excluding carboxylic acids is 2. The normalized spacial score (nSPS) is 9.94. The fourth-order valence-corrected chi connectivity index (χ4v) is 2.29. The summed E-state index contributed by atoms with van der Waals surface area (Å²) < 4.78 is 4.73. The fourth-order valence-electron chi connectivity index (χ4n) is 1.58. The van der Waals surface area contributed by atoms with Crippen molar-refractivity contribution in [1.82, 2.24) is 0 Å². The molecular formula is C13H10O3S. The van der Waals surface area contributed by atoms with E-state index in [0.29, 0.717) is 10.4 Å². The van der Waals surface area contributed by atoms with Crippen molar-refractivity contribution in [3.8, 4) is 11.1 Å². The zero-order valence-corrected chi connectivity index (χ0v) is 9.99. The topological polar surface area (TPSA) is 43.4 Å². The minimum atomic E-state index is -0.376. The molecular weight excluding hydrogens is 236 g/mol. The van der Waals surface area contributed by atoms with Crippen LogP contribution in [0.1, 0.15) is 20.0 Å². The first-order valence-electron chi connectivity index (χ1n) is 4.97. The monoisotopic (exact) mass is 246 g/mol. The van der Waals surface area contributed by atoms with Crippen LogP contribution < -0.4 is 0 Å². The summed E-state index contributed by atoms with van der Waals surface area (Å²) in [7, 11) is 1.35. The summed E-state index contributed by atoms with van der Waals surface area (Å²) in [6.45, 7) is 0. The van der Waals surface area contributed by atoms with Gasteiger partial charge in [-0.25, -0.2) is 4.79 Å². The van der Waals surface area contributed by atoms with Gasteiger partial charge in [-0.15, -0.1) is 11.3 Å². The molecule has 0 spiro atoms. The number of aldehydes is 1. The van der Waals surface area contributed by atoms with Crippen molar-refractivity contribution >= 4 is 23.6 Å². The summed E-state index contributed by atoms with van der Waals surface area (Å²) >= 11 is 1.35. The van der Waals surface area contributed by atoms with Gasteiger partial charge in [-0.3, -0.25) is 4.79 Å². The Bertz CT molecular complexity index is 557. The van der Waals surface area contributed by atoms with E-state index in [1.807, 2.05) is 17.5 Å². The number of hydrogen-bond acceptors (Lipinski definition) is 4. The standard InChI is InChI=1S/C13H10O3S/c1-16-13(15)12-5-3-2-4-11(12)9-6-10(7-14)17-8-9/h2-8H,1H3. The van der Waals surface area contributed by atoms with E-state index in [1.165, 1.54) is 18.4 Å². The van der Waals surface area contributed by atoms with Gasteiger partial charge in [-0.05, 0) is 28.6 Å². The lowest BCUT2D eigenvalue weighted by molar-refractivity contribution is 0.0601. The van der Waals surface area contributed by atoms with Crippen molar-refractivity contribution in [2.75, 3.05) is 7.11 Å². The SMILES string of the molecule is COC(=O)c1ccccc1-c1csc(C=O)c1. The number of esters is 1. The Kier molecular flexibility index (Phi) is 3.35. The van der Waals surface area contributed by atoms with Crippen molar-refractivity contribution in [2.45, 2.75) is 0 Å². The maximum Gasteiger partial charge on any atom is 0.338 e. The van der Waals surface area contributed by atoms with E-state index in [0.717, 1.165) is 17.4 Å². The quantitative estimate of drug-likeness (QED) is 0.617. The van der Waals surface area contributed by atoms with Gasteiger partial charge in [0.2, 0.25) is 0 Å². The lowest BCUT2D eigenvalue weighted by Crippen LogP contribution is -2.02. The van der Waals surface area contributed by atoms with Crippen molar-refractivity contribution in [3.63, 3.8) is 0 Å². The van der Waals surface area contributed by atoms with Crippen LogP contribution in [0.2, 0.25) is 0 Å². The first kappa shape index (κ1) is 11.5. The first-order valence-corrected chi connectivity index (χ1v) is 5.85. The molecule has 3 nitrogen and oxygen atoms in total. The Morgan fingerprint density at radius 3 is 2.76 bits per heavy atom. The molecule has 86 valence electrons. The van der Waals surface area contributed by atoms with Crippen LogP contribution in [-0.2, 0) is 4.74 Å². The highest BCUT2D eigenvalue weighted by atomic mass is 32.1. The van der Waals surface area contributed by atoms with Crippen LogP contribution in [0.3, 0.4) is 0 Å². The summed E-state index contributed by atoms with van der Waals surface area (Å²) in [5.74, 6) is -0.376. The molecule has 0 fully saturated rings.